The Morgan fingerprint density at radius 2 is 1.68 bits per heavy atom. The molecule has 0 bridgehead atoms. The van der Waals surface area contributed by atoms with E-state index in [2.05, 4.69) is 32.2 Å². The minimum Gasteiger partial charge on any atom is -0.491 e. The summed E-state index contributed by atoms with van der Waals surface area (Å²) in [6.07, 6.45) is 0. The van der Waals surface area contributed by atoms with Gasteiger partial charge in [-0.3, -0.25) is 4.79 Å². The molecule has 0 aliphatic heterocycles. The molecule has 0 saturated heterocycles. The van der Waals surface area contributed by atoms with E-state index in [-0.39, 0.29) is 11.3 Å². The van der Waals surface area contributed by atoms with Crippen LogP contribution in [-0.2, 0) is 12.0 Å². The van der Waals surface area contributed by atoms with Crippen LogP contribution in [0.25, 0.3) is 0 Å². The van der Waals surface area contributed by atoms with Gasteiger partial charge in [-0.1, -0.05) is 74.8 Å². The summed E-state index contributed by atoms with van der Waals surface area (Å²) in [6, 6.07) is 22.6. The van der Waals surface area contributed by atoms with Crippen LogP contribution in [0, 0.1) is 0 Å². The second-order valence-corrected chi connectivity index (χ2v) is 8.67. The Kier molecular flexibility index (Phi) is 7.59. The Balaban J connectivity index is 1.51. The standard InChI is InChI=1S/C26H28ClNO3/c1-26(2,3)22-12-5-7-14-24(22)30-16-15-28-25(29)19-10-8-11-21(17-19)31-18-20-9-4-6-13-23(20)27/h4-14,17H,15-16,18H2,1-3H3,(H,28,29). The smallest absolute Gasteiger partial charge is 0.251 e. The summed E-state index contributed by atoms with van der Waals surface area (Å²) in [5.41, 5.74) is 2.56. The van der Waals surface area contributed by atoms with Crippen LogP contribution in [0.3, 0.4) is 0 Å². The van der Waals surface area contributed by atoms with Crippen molar-refractivity contribution in [1.29, 1.82) is 0 Å². The van der Waals surface area contributed by atoms with Crippen molar-refractivity contribution < 1.29 is 14.3 Å². The van der Waals surface area contributed by atoms with Gasteiger partial charge in [0.05, 0.1) is 6.54 Å². The lowest BCUT2D eigenvalue weighted by atomic mass is 9.86. The third kappa shape index (κ3) is 6.50. The lowest BCUT2D eigenvalue weighted by Gasteiger charge is -2.22. The molecule has 0 atom stereocenters. The van der Waals surface area contributed by atoms with Crippen LogP contribution in [0.5, 0.6) is 11.5 Å². The normalized spacial score (nSPS) is 11.1. The fraction of sp³-hybridized carbons (Fsp3) is 0.269. The van der Waals surface area contributed by atoms with Crippen molar-refractivity contribution in [2.24, 2.45) is 0 Å². The van der Waals surface area contributed by atoms with Gasteiger partial charge < -0.3 is 14.8 Å². The average molecular weight is 438 g/mol. The number of hydrogen-bond donors (Lipinski definition) is 1. The second-order valence-electron chi connectivity index (χ2n) is 8.26. The molecule has 31 heavy (non-hydrogen) atoms. The lowest BCUT2D eigenvalue weighted by Crippen LogP contribution is -2.28. The number of amides is 1. The zero-order valence-corrected chi connectivity index (χ0v) is 18.9. The van der Waals surface area contributed by atoms with Crippen molar-refractivity contribution in [3.63, 3.8) is 0 Å². The first-order valence-corrected chi connectivity index (χ1v) is 10.7. The molecule has 5 heteroatoms. The predicted molar refractivity (Wildman–Crippen MR) is 125 cm³/mol. The summed E-state index contributed by atoms with van der Waals surface area (Å²) in [5.74, 6) is 1.29. The number of hydrogen-bond acceptors (Lipinski definition) is 3. The Morgan fingerprint density at radius 1 is 0.935 bits per heavy atom. The molecule has 1 amide bonds. The maximum atomic E-state index is 12.5. The minimum atomic E-state index is -0.170. The van der Waals surface area contributed by atoms with E-state index in [1.165, 1.54) is 0 Å². The summed E-state index contributed by atoms with van der Waals surface area (Å²) in [7, 11) is 0. The highest BCUT2D eigenvalue weighted by Crippen LogP contribution is 2.30. The van der Waals surface area contributed by atoms with Gasteiger partial charge in [-0.2, -0.15) is 0 Å². The molecule has 0 radical (unpaired) electrons. The monoisotopic (exact) mass is 437 g/mol. The van der Waals surface area contributed by atoms with E-state index in [1.54, 1.807) is 18.2 Å². The second kappa shape index (κ2) is 10.4. The maximum absolute atomic E-state index is 12.5. The van der Waals surface area contributed by atoms with Gasteiger partial charge in [-0.05, 0) is 41.3 Å². The summed E-state index contributed by atoms with van der Waals surface area (Å²) in [5, 5.41) is 3.55. The maximum Gasteiger partial charge on any atom is 0.251 e. The third-order valence-corrected chi connectivity index (χ3v) is 5.16. The summed E-state index contributed by atoms with van der Waals surface area (Å²) in [4.78, 5) is 12.5. The Labute approximate surface area is 189 Å². The molecule has 0 saturated carbocycles. The molecule has 3 aromatic carbocycles. The Hall–Kier alpha value is -2.98. The molecule has 0 aliphatic carbocycles. The molecule has 0 aromatic heterocycles. The van der Waals surface area contributed by atoms with Gasteiger partial charge in [0.25, 0.3) is 5.91 Å². The molecule has 3 aromatic rings. The van der Waals surface area contributed by atoms with Crippen LogP contribution < -0.4 is 14.8 Å². The van der Waals surface area contributed by atoms with E-state index in [0.717, 1.165) is 16.9 Å². The van der Waals surface area contributed by atoms with Crippen molar-refractivity contribution in [2.75, 3.05) is 13.2 Å². The van der Waals surface area contributed by atoms with Crippen molar-refractivity contribution in [3.05, 3.63) is 94.5 Å². The minimum absolute atomic E-state index is 0.00966. The van der Waals surface area contributed by atoms with Gasteiger partial charge in [0.2, 0.25) is 0 Å². The first kappa shape index (κ1) is 22.7. The number of halogens is 1. The molecule has 0 heterocycles. The van der Waals surface area contributed by atoms with Crippen molar-refractivity contribution >= 4 is 17.5 Å². The third-order valence-electron chi connectivity index (χ3n) is 4.79. The molecule has 162 valence electrons. The Bertz CT molecular complexity index is 1030. The van der Waals surface area contributed by atoms with Crippen molar-refractivity contribution in [1.82, 2.24) is 5.32 Å². The zero-order valence-electron chi connectivity index (χ0n) is 18.2. The molecule has 0 fully saturated rings. The van der Waals surface area contributed by atoms with Crippen LogP contribution >= 0.6 is 11.6 Å². The highest BCUT2D eigenvalue weighted by atomic mass is 35.5. The number of nitrogens with one attached hydrogen (secondary N) is 1. The highest BCUT2D eigenvalue weighted by Gasteiger charge is 2.18. The first-order chi connectivity index (χ1) is 14.8. The average Bonchev–Trinajstić information content (AvgIpc) is 2.76. The number of para-hydroxylation sites is 1. The van der Waals surface area contributed by atoms with Crippen LogP contribution in [-0.4, -0.2) is 19.1 Å². The van der Waals surface area contributed by atoms with Crippen LogP contribution in [0.4, 0.5) is 0 Å². The van der Waals surface area contributed by atoms with E-state index in [4.69, 9.17) is 21.1 Å². The van der Waals surface area contributed by atoms with Gasteiger partial charge in [-0.15, -0.1) is 0 Å². The summed E-state index contributed by atoms with van der Waals surface area (Å²) in [6.45, 7) is 7.59. The quantitative estimate of drug-likeness (QED) is 0.438. The Morgan fingerprint density at radius 3 is 2.45 bits per heavy atom. The largest absolute Gasteiger partial charge is 0.491 e. The summed E-state index contributed by atoms with van der Waals surface area (Å²) < 4.78 is 11.7. The molecule has 0 unspecified atom stereocenters. The zero-order chi connectivity index (χ0) is 22.3. The number of rotatable bonds is 8. The van der Waals surface area contributed by atoms with Crippen LogP contribution in [0.15, 0.2) is 72.8 Å². The van der Waals surface area contributed by atoms with Gasteiger partial charge in [0.1, 0.15) is 24.7 Å². The van der Waals surface area contributed by atoms with Gasteiger partial charge in [-0.25, -0.2) is 0 Å². The first-order valence-electron chi connectivity index (χ1n) is 10.3. The molecule has 0 aliphatic rings. The van der Waals surface area contributed by atoms with Gasteiger partial charge in [0, 0.05) is 16.1 Å². The van der Waals surface area contributed by atoms with E-state index in [0.29, 0.717) is 36.1 Å². The fourth-order valence-corrected chi connectivity index (χ4v) is 3.33. The number of carbonyl (C=O) groups is 1. The van der Waals surface area contributed by atoms with Gasteiger partial charge in [0.15, 0.2) is 0 Å². The highest BCUT2D eigenvalue weighted by molar-refractivity contribution is 6.31. The van der Waals surface area contributed by atoms with Crippen molar-refractivity contribution in [2.45, 2.75) is 32.8 Å². The predicted octanol–water partition coefficient (Wildman–Crippen LogP) is 6.03. The number of ether oxygens (including phenoxy) is 2. The molecule has 1 N–H and O–H groups in total. The van der Waals surface area contributed by atoms with Crippen LogP contribution in [0.1, 0.15) is 42.3 Å². The molecule has 0 spiro atoms. The molecule has 4 nitrogen and oxygen atoms in total. The molecule has 3 rings (SSSR count). The SMILES string of the molecule is CC(C)(C)c1ccccc1OCCNC(=O)c1cccc(OCc2ccccc2Cl)c1. The molecular formula is C26H28ClNO3. The van der Waals surface area contributed by atoms with Crippen molar-refractivity contribution in [3.8, 4) is 11.5 Å². The number of benzene rings is 3. The van der Waals surface area contributed by atoms with Gasteiger partial charge >= 0.3 is 0 Å². The molecular weight excluding hydrogens is 410 g/mol. The fourth-order valence-electron chi connectivity index (χ4n) is 3.14. The topological polar surface area (TPSA) is 47.6 Å². The number of carbonyl (C=O) groups excluding carboxylic acids is 1. The van der Waals surface area contributed by atoms with E-state index >= 15 is 0 Å². The van der Waals surface area contributed by atoms with E-state index in [9.17, 15) is 4.79 Å². The van der Waals surface area contributed by atoms with E-state index < -0.39 is 0 Å². The lowest BCUT2D eigenvalue weighted by molar-refractivity contribution is 0.0946. The van der Waals surface area contributed by atoms with Crippen LogP contribution in [0.2, 0.25) is 5.02 Å². The van der Waals surface area contributed by atoms with E-state index in [1.807, 2.05) is 48.5 Å². The summed E-state index contributed by atoms with van der Waals surface area (Å²) >= 11 is 6.17.